The fraction of sp³-hybridized carbons (Fsp3) is 0.600. The van der Waals surface area contributed by atoms with Gasteiger partial charge in [-0.15, -0.1) is 0 Å². The van der Waals surface area contributed by atoms with Crippen LogP contribution in [0.25, 0.3) is 0 Å². The number of halogens is 1. The Bertz CT molecular complexity index is 510. The molecule has 0 bridgehead atoms. The van der Waals surface area contributed by atoms with E-state index in [0.29, 0.717) is 20.0 Å². The Kier molecular flexibility index (Phi) is 4.66. The lowest BCUT2D eigenvalue weighted by Crippen LogP contribution is -2.49. The van der Waals surface area contributed by atoms with Gasteiger partial charge >= 0.3 is 0 Å². The van der Waals surface area contributed by atoms with Crippen molar-refractivity contribution in [2.45, 2.75) is 32.2 Å². The first-order chi connectivity index (χ1) is 10.1. The third kappa shape index (κ3) is 3.49. The number of rotatable bonds is 3. The minimum absolute atomic E-state index is 0.0331. The molecule has 1 fully saturated rings. The van der Waals surface area contributed by atoms with Crippen molar-refractivity contribution in [2.75, 3.05) is 26.5 Å². The number of nitrogens with two attached hydrogens (primary N) is 1. The molecule has 0 aliphatic carbocycles. The monoisotopic (exact) mass is 312 g/mol. The Balaban J connectivity index is 1.76. The molecule has 21 heavy (non-hydrogen) atoms. The van der Waals surface area contributed by atoms with Gasteiger partial charge in [0.25, 0.3) is 0 Å². The van der Waals surface area contributed by atoms with Crippen LogP contribution in [-0.4, -0.2) is 43.5 Å². The summed E-state index contributed by atoms with van der Waals surface area (Å²) in [4.78, 5) is 2.34. The van der Waals surface area contributed by atoms with Crippen LogP contribution in [0.1, 0.15) is 18.1 Å². The molecule has 0 amide bonds. The highest BCUT2D eigenvalue weighted by atomic mass is 35.5. The summed E-state index contributed by atoms with van der Waals surface area (Å²) in [5.74, 6) is 0.912. The van der Waals surface area contributed by atoms with Gasteiger partial charge in [-0.1, -0.05) is 11.6 Å². The number of hydrogen-bond donors (Lipinski definition) is 1. The molecule has 1 aromatic rings. The highest BCUT2D eigenvalue weighted by molar-refractivity contribution is 6.30. The molecule has 1 aromatic carbocycles. The van der Waals surface area contributed by atoms with Crippen molar-refractivity contribution in [3.05, 3.63) is 28.3 Å². The molecule has 2 heterocycles. The molecule has 0 radical (unpaired) electrons. The van der Waals surface area contributed by atoms with E-state index in [1.165, 1.54) is 0 Å². The summed E-state index contributed by atoms with van der Waals surface area (Å²) in [6.07, 6.45) is 0.0815. The topological polar surface area (TPSA) is 57.0 Å². The van der Waals surface area contributed by atoms with Crippen molar-refractivity contribution in [1.82, 2.24) is 4.90 Å². The normalized spacial score (nSPS) is 24.2. The van der Waals surface area contributed by atoms with Crippen LogP contribution in [0.5, 0.6) is 5.75 Å². The minimum Gasteiger partial charge on any atom is -0.467 e. The van der Waals surface area contributed by atoms with E-state index in [1.807, 2.05) is 19.1 Å². The van der Waals surface area contributed by atoms with Crippen LogP contribution in [-0.2, 0) is 22.6 Å². The van der Waals surface area contributed by atoms with E-state index in [1.54, 1.807) is 0 Å². The van der Waals surface area contributed by atoms with Crippen LogP contribution in [0.3, 0.4) is 0 Å². The predicted octanol–water partition coefficient (Wildman–Crippen LogP) is 1.75. The van der Waals surface area contributed by atoms with E-state index in [9.17, 15) is 0 Å². The van der Waals surface area contributed by atoms with Gasteiger partial charge < -0.3 is 19.9 Å². The maximum atomic E-state index is 6.20. The van der Waals surface area contributed by atoms with Crippen molar-refractivity contribution < 1.29 is 14.2 Å². The van der Waals surface area contributed by atoms with E-state index in [-0.39, 0.29) is 12.1 Å². The Hall–Kier alpha value is -0.850. The van der Waals surface area contributed by atoms with Crippen LogP contribution < -0.4 is 10.5 Å². The van der Waals surface area contributed by atoms with Crippen LogP contribution in [0.2, 0.25) is 5.02 Å². The SMILES string of the molecule is CC(N)C1CN(Cc2cc(Cl)cc3c2OCOC3)CCO1. The fourth-order valence-electron chi connectivity index (χ4n) is 2.81. The lowest BCUT2D eigenvalue weighted by atomic mass is 10.1. The van der Waals surface area contributed by atoms with E-state index in [2.05, 4.69) is 4.90 Å². The molecule has 6 heteroatoms. The van der Waals surface area contributed by atoms with Gasteiger partial charge in [0.1, 0.15) is 5.75 Å². The summed E-state index contributed by atoms with van der Waals surface area (Å²) in [6, 6.07) is 3.91. The first kappa shape index (κ1) is 15.1. The average molecular weight is 313 g/mol. The molecule has 2 aliphatic rings. The molecule has 0 saturated carbocycles. The standard InChI is InChI=1S/C15H21ClN2O3/c1-10(17)14-7-18(2-3-20-14)6-11-4-13(16)5-12-8-19-9-21-15(11)12/h4-5,10,14H,2-3,6-9,17H2,1H3. The second-order valence-corrected chi connectivity index (χ2v) is 6.10. The molecule has 2 unspecified atom stereocenters. The number of morpholine rings is 1. The molecule has 1 saturated heterocycles. The van der Waals surface area contributed by atoms with Crippen molar-refractivity contribution in [3.63, 3.8) is 0 Å². The Labute approximate surface area is 129 Å². The molecule has 2 N–H and O–H groups in total. The van der Waals surface area contributed by atoms with Gasteiger partial charge in [0.2, 0.25) is 0 Å². The van der Waals surface area contributed by atoms with Gasteiger partial charge in [-0.3, -0.25) is 4.90 Å². The number of benzene rings is 1. The summed E-state index contributed by atoms with van der Waals surface area (Å²) in [6.45, 7) is 6.04. The van der Waals surface area contributed by atoms with Crippen LogP contribution in [0, 0.1) is 0 Å². The lowest BCUT2D eigenvalue weighted by Gasteiger charge is -2.35. The zero-order chi connectivity index (χ0) is 14.8. The molecule has 3 rings (SSSR count). The smallest absolute Gasteiger partial charge is 0.189 e. The Morgan fingerprint density at radius 1 is 1.48 bits per heavy atom. The van der Waals surface area contributed by atoms with E-state index >= 15 is 0 Å². The third-order valence-electron chi connectivity index (χ3n) is 3.91. The first-order valence-electron chi connectivity index (χ1n) is 7.25. The minimum atomic E-state index is 0.0331. The summed E-state index contributed by atoms with van der Waals surface area (Å²) < 4.78 is 16.7. The van der Waals surface area contributed by atoms with E-state index in [0.717, 1.165) is 41.5 Å². The molecular formula is C15H21ClN2O3. The van der Waals surface area contributed by atoms with Gasteiger partial charge in [0, 0.05) is 41.8 Å². The van der Waals surface area contributed by atoms with Crippen molar-refractivity contribution >= 4 is 11.6 Å². The lowest BCUT2D eigenvalue weighted by molar-refractivity contribution is -0.0420. The van der Waals surface area contributed by atoms with Gasteiger partial charge in [-0.2, -0.15) is 0 Å². The highest BCUT2D eigenvalue weighted by Gasteiger charge is 2.25. The zero-order valence-corrected chi connectivity index (χ0v) is 12.9. The third-order valence-corrected chi connectivity index (χ3v) is 4.13. The van der Waals surface area contributed by atoms with E-state index in [4.69, 9.17) is 31.5 Å². The van der Waals surface area contributed by atoms with Crippen LogP contribution >= 0.6 is 11.6 Å². The quantitative estimate of drug-likeness (QED) is 0.921. The van der Waals surface area contributed by atoms with Crippen LogP contribution in [0.15, 0.2) is 12.1 Å². The molecule has 2 aliphatic heterocycles. The summed E-state index contributed by atoms with van der Waals surface area (Å²) in [5, 5.41) is 0.717. The molecule has 5 nitrogen and oxygen atoms in total. The van der Waals surface area contributed by atoms with Gasteiger partial charge in [-0.05, 0) is 19.1 Å². The highest BCUT2D eigenvalue weighted by Crippen LogP contribution is 2.32. The predicted molar refractivity (Wildman–Crippen MR) is 80.4 cm³/mol. The van der Waals surface area contributed by atoms with Gasteiger partial charge in [-0.25, -0.2) is 0 Å². The molecule has 0 aromatic heterocycles. The van der Waals surface area contributed by atoms with E-state index < -0.39 is 0 Å². The second-order valence-electron chi connectivity index (χ2n) is 5.67. The fourth-order valence-corrected chi connectivity index (χ4v) is 3.07. The first-order valence-corrected chi connectivity index (χ1v) is 7.62. The summed E-state index contributed by atoms with van der Waals surface area (Å²) in [7, 11) is 0. The van der Waals surface area contributed by atoms with Gasteiger partial charge in [0.05, 0.1) is 19.3 Å². The second kappa shape index (κ2) is 6.50. The van der Waals surface area contributed by atoms with Crippen molar-refractivity contribution in [1.29, 1.82) is 0 Å². The van der Waals surface area contributed by atoms with Crippen molar-refractivity contribution in [3.8, 4) is 5.75 Å². The number of nitrogens with zero attached hydrogens (tertiary/aromatic N) is 1. The largest absolute Gasteiger partial charge is 0.467 e. The summed E-state index contributed by atoms with van der Waals surface area (Å²) >= 11 is 6.20. The number of hydrogen-bond acceptors (Lipinski definition) is 5. The zero-order valence-electron chi connectivity index (χ0n) is 12.2. The number of fused-ring (bicyclic) bond motifs is 1. The average Bonchev–Trinajstić information content (AvgIpc) is 2.47. The molecule has 0 spiro atoms. The number of ether oxygens (including phenoxy) is 3. The van der Waals surface area contributed by atoms with Crippen molar-refractivity contribution in [2.24, 2.45) is 5.73 Å². The maximum Gasteiger partial charge on any atom is 0.189 e. The van der Waals surface area contributed by atoms with Gasteiger partial charge in [0.15, 0.2) is 6.79 Å². The Morgan fingerprint density at radius 3 is 3.14 bits per heavy atom. The van der Waals surface area contributed by atoms with Crippen LogP contribution in [0.4, 0.5) is 0 Å². The summed E-state index contributed by atoms with van der Waals surface area (Å²) in [5.41, 5.74) is 8.06. The Morgan fingerprint density at radius 2 is 2.33 bits per heavy atom. The maximum absolute atomic E-state index is 6.20. The molecule has 116 valence electrons. The molecular weight excluding hydrogens is 292 g/mol. The molecule has 2 atom stereocenters.